The Morgan fingerprint density at radius 3 is 2.45 bits per heavy atom. The summed E-state index contributed by atoms with van der Waals surface area (Å²) in [5.74, 6) is 0.547. The van der Waals surface area contributed by atoms with Gasteiger partial charge < -0.3 is 18.9 Å². The van der Waals surface area contributed by atoms with E-state index >= 15 is 0 Å². The van der Waals surface area contributed by atoms with Gasteiger partial charge in [0.15, 0.2) is 11.5 Å². The first-order valence-corrected chi connectivity index (χ1v) is 10.9. The van der Waals surface area contributed by atoms with E-state index in [0.29, 0.717) is 28.2 Å². The Balaban J connectivity index is 1.42. The standard InChI is InChI=1S/C26H18BrNO5/c1-14-20-9-6-18(28-26(30)23-12-16-11-17(27)5-10-21(16)32-23)13-22(20)33-25(14)24(29)15-3-7-19(31-2)8-4-15/h3-13H,1-2H3,(H,28,30). The number of halogens is 1. The minimum absolute atomic E-state index is 0.203. The SMILES string of the molecule is COc1ccc(C(=O)c2oc3cc(NC(=O)c4cc5cc(Br)ccc5o4)ccc3c2C)cc1. The summed E-state index contributed by atoms with van der Waals surface area (Å²) in [5, 5.41) is 4.46. The molecule has 0 aliphatic carbocycles. The normalized spacial score (nSPS) is 11.1. The van der Waals surface area contributed by atoms with Gasteiger partial charge >= 0.3 is 0 Å². The van der Waals surface area contributed by atoms with Crippen LogP contribution in [0.5, 0.6) is 5.75 Å². The number of aryl methyl sites for hydroxylation is 1. The number of hydrogen-bond donors (Lipinski definition) is 1. The first-order chi connectivity index (χ1) is 15.9. The predicted octanol–water partition coefficient (Wildman–Crippen LogP) is 6.74. The maximum Gasteiger partial charge on any atom is 0.291 e. The van der Waals surface area contributed by atoms with Crippen molar-refractivity contribution in [2.75, 3.05) is 12.4 Å². The fourth-order valence-corrected chi connectivity index (χ4v) is 4.09. The lowest BCUT2D eigenvalue weighted by molar-refractivity contribution is 0.0995. The molecule has 2 heterocycles. The molecule has 0 fully saturated rings. The van der Waals surface area contributed by atoms with E-state index in [9.17, 15) is 9.59 Å². The number of anilines is 1. The van der Waals surface area contributed by atoms with Crippen molar-refractivity contribution >= 4 is 55.2 Å². The molecule has 33 heavy (non-hydrogen) atoms. The van der Waals surface area contributed by atoms with E-state index in [1.807, 2.05) is 25.1 Å². The molecule has 0 atom stereocenters. The Kier molecular flexibility index (Phi) is 5.26. The van der Waals surface area contributed by atoms with Crippen LogP contribution in [0.2, 0.25) is 0 Å². The molecule has 0 radical (unpaired) electrons. The number of carbonyl (C=O) groups is 2. The molecule has 0 aliphatic rings. The number of carbonyl (C=O) groups excluding carboxylic acids is 2. The van der Waals surface area contributed by atoms with Crippen molar-refractivity contribution in [2.24, 2.45) is 0 Å². The summed E-state index contributed by atoms with van der Waals surface area (Å²) in [4.78, 5) is 25.7. The third-order valence-electron chi connectivity index (χ3n) is 5.46. The Hall–Kier alpha value is -3.84. The number of benzene rings is 3. The predicted molar refractivity (Wildman–Crippen MR) is 129 cm³/mol. The van der Waals surface area contributed by atoms with Crippen LogP contribution in [0.1, 0.15) is 32.2 Å². The van der Waals surface area contributed by atoms with Gasteiger partial charge in [-0.3, -0.25) is 9.59 Å². The number of amides is 1. The third kappa shape index (κ3) is 3.91. The molecular weight excluding hydrogens is 486 g/mol. The van der Waals surface area contributed by atoms with E-state index < -0.39 is 0 Å². The molecule has 164 valence electrons. The lowest BCUT2D eigenvalue weighted by Crippen LogP contribution is -2.10. The highest BCUT2D eigenvalue weighted by atomic mass is 79.9. The topological polar surface area (TPSA) is 81.7 Å². The summed E-state index contributed by atoms with van der Waals surface area (Å²) >= 11 is 3.41. The van der Waals surface area contributed by atoms with Crippen molar-refractivity contribution in [2.45, 2.75) is 6.92 Å². The Morgan fingerprint density at radius 1 is 0.909 bits per heavy atom. The van der Waals surface area contributed by atoms with Crippen LogP contribution in [0.25, 0.3) is 21.9 Å². The largest absolute Gasteiger partial charge is 0.497 e. The van der Waals surface area contributed by atoms with Crippen LogP contribution in [0.4, 0.5) is 5.69 Å². The summed E-state index contributed by atoms with van der Waals surface area (Å²) in [6, 6.07) is 19.4. The van der Waals surface area contributed by atoms with Crippen molar-refractivity contribution in [3.63, 3.8) is 0 Å². The molecule has 1 amide bonds. The summed E-state index contributed by atoms with van der Waals surface area (Å²) in [7, 11) is 1.57. The van der Waals surface area contributed by atoms with Crippen molar-refractivity contribution in [3.05, 3.63) is 93.9 Å². The van der Waals surface area contributed by atoms with Gasteiger partial charge in [0.1, 0.15) is 16.9 Å². The second kappa shape index (κ2) is 8.26. The molecule has 7 heteroatoms. The molecule has 2 aromatic heterocycles. The molecule has 6 nitrogen and oxygen atoms in total. The first-order valence-electron chi connectivity index (χ1n) is 10.2. The molecular formula is C26H18BrNO5. The van der Waals surface area contributed by atoms with E-state index in [1.165, 1.54) is 0 Å². The number of fused-ring (bicyclic) bond motifs is 2. The highest BCUT2D eigenvalue weighted by Crippen LogP contribution is 2.30. The number of nitrogens with one attached hydrogen (secondary N) is 1. The van der Waals surface area contributed by atoms with Gasteiger partial charge in [0.25, 0.3) is 5.91 Å². The monoisotopic (exact) mass is 503 g/mol. The maximum atomic E-state index is 13.0. The summed E-state index contributed by atoms with van der Waals surface area (Å²) < 4.78 is 17.6. The Labute approximate surface area is 197 Å². The fourth-order valence-electron chi connectivity index (χ4n) is 3.71. The molecule has 5 aromatic rings. The van der Waals surface area contributed by atoms with E-state index in [0.717, 1.165) is 20.8 Å². The van der Waals surface area contributed by atoms with Crippen LogP contribution in [-0.2, 0) is 0 Å². The molecule has 5 rings (SSSR count). The summed E-state index contributed by atoms with van der Waals surface area (Å²) in [6.07, 6.45) is 0. The molecule has 1 N–H and O–H groups in total. The third-order valence-corrected chi connectivity index (χ3v) is 5.95. The van der Waals surface area contributed by atoms with Gasteiger partial charge in [-0.15, -0.1) is 0 Å². The average molecular weight is 504 g/mol. The zero-order valence-corrected chi connectivity index (χ0v) is 19.4. The zero-order chi connectivity index (χ0) is 23.1. The quantitative estimate of drug-likeness (QED) is 0.268. The van der Waals surface area contributed by atoms with E-state index in [4.69, 9.17) is 13.6 Å². The smallest absolute Gasteiger partial charge is 0.291 e. The fraction of sp³-hybridized carbons (Fsp3) is 0.0769. The van der Waals surface area contributed by atoms with Crippen molar-refractivity contribution in [3.8, 4) is 5.75 Å². The van der Waals surface area contributed by atoms with Crippen LogP contribution >= 0.6 is 15.9 Å². The number of hydrogen-bond acceptors (Lipinski definition) is 5. The zero-order valence-electron chi connectivity index (χ0n) is 17.8. The minimum Gasteiger partial charge on any atom is -0.497 e. The molecule has 0 saturated carbocycles. The highest BCUT2D eigenvalue weighted by Gasteiger charge is 2.20. The number of ketones is 1. The van der Waals surface area contributed by atoms with Crippen molar-refractivity contribution in [1.82, 2.24) is 0 Å². The van der Waals surface area contributed by atoms with Gasteiger partial charge in [-0.2, -0.15) is 0 Å². The molecule has 3 aromatic carbocycles. The molecule has 0 spiro atoms. The second-order valence-corrected chi connectivity index (χ2v) is 8.49. The lowest BCUT2D eigenvalue weighted by Gasteiger charge is -2.02. The van der Waals surface area contributed by atoms with Gasteiger partial charge in [0.05, 0.1) is 7.11 Å². The van der Waals surface area contributed by atoms with Crippen LogP contribution in [-0.4, -0.2) is 18.8 Å². The van der Waals surface area contributed by atoms with Crippen LogP contribution in [0.15, 0.2) is 80.0 Å². The van der Waals surface area contributed by atoms with Gasteiger partial charge in [0, 0.05) is 38.1 Å². The number of methoxy groups -OCH3 is 1. The van der Waals surface area contributed by atoms with Gasteiger partial charge in [0.2, 0.25) is 5.78 Å². The number of furan rings is 2. The first kappa shape index (κ1) is 21.0. The van der Waals surface area contributed by atoms with Gasteiger partial charge in [-0.1, -0.05) is 15.9 Å². The van der Waals surface area contributed by atoms with Crippen LogP contribution in [0.3, 0.4) is 0 Å². The molecule has 0 bridgehead atoms. The maximum absolute atomic E-state index is 13.0. The van der Waals surface area contributed by atoms with Crippen LogP contribution < -0.4 is 10.1 Å². The minimum atomic E-state index is -0.375. The Bertz CT molecular complexity index is 1530. The number of rotatable bonds is 5. The molecule has 0 unspecified atom stereocenters. The lowest BCUT2D eigenvalue weighted by atomic mass is 10.0. The van der Waals surface area contributed by atoms with Gasteiger partial charge in [-0.25, -0.2) is 0 Å². The van der Waals surface area contributed by atoms with E-state index in [1.54, 1.807) is 55.6 Å². The van der Waals surface area contributed by atoms with Crippen molar-refractivity contribution < 1.29 is 23.2 Å². The highest BCUT2D eigenvalue weighted by molar-refractivity contribution is 9.10. The van der Waals surface area contributed by atoms with Gasteiger partial charge in [-0.05, 0) is 67.6 Å². The van der Waals surface area contributed by atoms with Crippen molar-refractivity contribution in [1.29, 1.82) is 0 Å². The summed E-state index contributed by atoms with van der Waals surface area (Å²) in [6.45, 7) is 1.84. The molecule has 0 saturated heterocycles. The number of ether oxygens (including phenoxy) is 1. The summed E-state index contributed by atoms with van der Waals surface area (Å²) in [5.41, 5.74) is 2.92. The van der Waals surface area contributed by atoms with E-state index in [-0.39, 0.29) is 23.2 Å². The Morgan fingerprint density at radius 2 is 1.70 bits per heavy atom. The van der Waals surface area contributed by atoms with Crippen LogP contribution in [0, 0.1) is 6.92 Å². The second-order valence-electron chi connectivity index (χ2n) is 7.57. The molecule has 0 aliphatic heterocycles. The van der Waals surface area contributed by atoms with E-state index in [2.05, 4.69) is 21.2 Å². The average Bonchev–Trinajstić information content (AvgIpc) is 3.39.